The van der Waals surface area contributed by atoms with Gasteiger partial charge in [-0.3, -0.25) is 4.40 Å². The molecule has 0 fully saturated rings. The molecule has 0 aliphatic rings. The van der Waals surface area contributed by atoms with E-state index in [0.717, 1.165) is 18.4 Å². The summed E-state index contributed by atoms with van der Waals surface area (Å²) in [5.74, 6) is -1.51. The number of pyridine rings is 1. The van der Waals surface area contributed by atoms with Gasteiger partial charge in [0.2, 0.25) is 0 Å². The minimum Gasteiger partial charge on any atom is -0.453 e. The summed E-state index contributed by atoms with van der Waals surface area (Å²) < 4.78 is 57.1. The van der Waals surface area contributed by atoms with Crippen LogP contribution in [-0.2, 0) is 9.84 Å². The highest BCUT2D eigenvalue weighted by atomic mass is 79.9. The van der Waals surface area contributed by atoms with Gasteiger partial charge >= 0.3 is 0 Å². The molecule has 0 bridgehead atoms. The van der Waals surface area contributed by atoms with Gasteiger partial charge in [0.05, 0.1) is 10.7 Å². The lowest BCUT2D eigenvalue weighted by Crippen LogP contribution is -2.02. The number of fused-ring (bicyclic) bond motifs is 1. The second-order valence-electron chi connectivity index (χ2n) is 4.76. The minimum atomic E-state index is -3.45. The Labute approximate surface area is 138 Å². The summed E-state index contributed by atoms with van der Waals surface area (Å²) in [4.78, 5) is 3.99. The van der Waals surface area contributed by atoms with Gasteiger partial charge in [0, 0.05) is 24.6 Å². The second kappa shape index (κ2) is 5.57. The Hall–Kier alpha value is -2.00. The molecule has 0 aliphatic heterocycles. The topological polar surface area (TPSA) is 60.7 Å². The molecule has 0 aliphatic carbocycles. The summed E-state index contributed by atoms with van der Waals surface area (Å²) in [7, 11) is -3.45. The first-order valence-corrected chi connectivity index (χ1v) is 8.94. The van der Waals surface area contributed by atoms with Gasteiger partial charge in [-0.1, -0.05) is 0 Å². The third kappa shape index (κ3) is 3.06. The van der Waals surface area contributed by atoms with Crippen molar-refractivity contribution >= 4 is 31.4 Å². The molecule has 2 aromatic heterocycles. The highest BCUT2D eigenvalue weighted by Crippen LogP contribution is 2.33. The molecule has 0 saturated carbocycles. The Balaban J connectivity index is 2.07. The van der Waals surface area contributed by atoms with Crippen LogP contribution in [0.15, 0.2) is 46.2 Å². The van der Waals surface area contributed by atoms with Crippen LogP contribution in [0, 0.1) is 11.6 Å². The maximum absolute atomic E-state index is 13.7. The van der Waals surface area contributed by atoms with E-state index >= 15 is 0 Å². The maximum atomic E-state index is 13.7. The summed E-state index contributed by atoms with van der Waals surface area (Å²) >= 11 is 3.23. The quantitative estimate of drug-likeness (QED) is 0.671. The third-order valence-corrected chi connectivity index (χ3v) is 4.68. The molecule has 0 radical (unpaired) electrons. The second-order valence-corrected chi connectivity index (χ2v) is 7.58. The molecule has 1 aromatic carbocycles. The molecule has 0 saturated heterocycles. The van der Waals surface area contributed by atoms with Gasteiger partial charge in [-0.25, -0.2) is 22.2 Å². The normalized spacial score (nSPS) is 11.8. The number of aromatic nitrogens is 2. The lowest BCUT2D eigenvalue weighted by Gasteiger charge is -2.10. The summed E-state index contributed by atoms with van der Waals surface area (Å²) in [6.45, 7) is 0. The fourth-order valence-corrected chi connectivity index (χ4v) is 3.14. The van der Waals surface area contributed by atoms with Crippen LogP contribution in [0.3, 0.4) is 0 Å². The number of hydrogen-bond donors (Lipinski definition) is 0. The lowest BCUT2D eigenvalue weighted by molar-refractivity contribution is 0.435. The average Bonchev–Trinajstić information content (AvgIpc) is 2.84. The zero-order chi connectivity index (χ0) is 16.8. The van der Waals surface area contributed by atoms with E-state index in [9.17, 15) is 17.2 Å². The van der Waals surface area contributed by atoms with E-state index in [1.807, 2.05) is 0 Å². The van der Waals surface area contributed by atoms with E-state index < -0.39 is 21.5 Å². The Morgan fingerprint density at radius 1 is 1.22 bits per heavy atom. The molecule has 3 aromatic rings. The smallest absolute Gasteiger partial charge is 0.192 e. The van der Waals surface area contributed by atoms with Crippen LogP contribution in [0.2, 0.25) is 0 Å². The van der Waals surface area contributed by atoms with E-state index in [1.165, 1.54) is 22.9 Å². The first kappa shape index (κ1) is 15.9. The van der Waals surface area contributed by atoms with Crippen molar-refractivity contribution in [3.63, 3.8) is 0 Å². The molecule has 2 heterocycles. The highest BCUT2D eigenvalue weighted by molar-refractivity contribution is 9.10. The molecule has 120 valence electrons. The van der Waals surface area contributed by atoms with Crippen molar-refractivity contribution < 1.29 is 21.9 Å². The monoisotopic (exact) mass is 402 g/mol. The van der Waals surface area contributed by atoms with Crippen LogP contribution in [0.1, 0.15) is 0 Å². The van der Waals surface area contributed by atoms with Gasteiger partial charge in [-0.2, -0.15) is 0 Å². The maximum Gasteiger partial charge on any atom is 0.192 e. The largest absolute Gasteiger partial charge is 0.453 e. The van der Waals surface area contributed by atoms with Gasteiger partial charge in [0.1, 0.15) is 17.2 Å². The molecule has 0 amide bonds. The molecular weight excluding hydrogens is 394 g/mol. The number of imidazole rings is 1. The van der Waals surface area contributed by atoms with Crippen LogP contribution in [0.25, 0.3) is 5.65 Å². The first-order valence-electron chi connectivity index (χ1n) is 6.25. The molecule has 3 rings (SSSR count). The molecule has 0 spiro atoms. The first-order chi connectivity index (χ1) is 10.8. The van der Waals surface area contributed by atoms with E-state index in [0.29, 0.717) is 16.2 Å². The Morgan fingerprint density at radius 2 is 1.96 bits per heavy atom. The predicted molar refractivity (Wildman–Crippen MR) is 82.4 cm³/mol. The van der Waals surface area contributed by atoms with E-state index in [2.05, 4.69) is 20.9 Å². The van der Waals surface area contributed by atoms with Crippen molar-refractivity contribution in [2.24, 2.45) is 0 Å². The van der Waals surface area contributed by atoms with Crippen LogP contribution in [0.4, 0.5) is 8.78 Å². The van der Waals surface area contributed by atoms with Crippen molar-refractivity contribution in [3.8, 4) is 11.5 Å². The number of sulfone groups is 1. The highest BCUT2D eigenvalue weighted by Gasteiger charge is 2.17. The lowest BCUT2D eigenvalue weighted by atomic mass is 10.3. The molecule has 0 unspecified atom stereocenters. The molecule has 0 atom stereocenters. The van der Waals surface area contributed by atoms with Gasteiger partial charge in [0.15, 0.2) is 26.4 Å². The van der Waals surface area contributed by atoms with Crippen LogP contribution in [0.5, 0.6) is 11.5 Å². The number of rotatable bonds is 3. The van der Waals surface area contributed by atoms with Crippen molar-refractivity contribution in [1.29, 1.82) is 0 Å². The van der Waals surface area contributed by atoms with E-state index in [4.69, 9.17) is 4.74 Å². The van der Waals surface area contributed by atoms with Gasteiger partial charge in [-0.15, -0.1) is 0 Å². The number of halogens is 3. The fraction of sp³-hybridized carbons (Fsp3) is 0.0714. The molecule has 0 N–H and O–H groups in total. The number of nitrogens with zero attached hydrogens (tertiary/aromatic N) is 2. The van der Waals surface area contributed by atoms with Crippen LogP contribution in [-0.4, -0.2) is 24.1 Å². The van der Waals surface area contributed by atoms with Crippen molar-refractivity contribution in [1.82, 2.24) is 9.38 Å². The third-order valence-electron chi connectivity index (χ3n) is 3.02. The van der Waals surface area contributed by atoms with Gasteiger partial charge < -0.3 is 4.74 Å². The van der Waals surface area contributed by atoms with Crippen molar-refractivity contribution in [2.45, 2.75) is 5.03 Å². The molecule has 9 heteroatoms. The zero-order valence-corrected chi connectivity index (χ0v) is 14.0. The SMILES string of the molecule is CS(=O)(=O)c1cnc2cc(Oc3ccc(F)cc3F)c(Br)cn12. The standard InChI is InChI=1S/C14H9BrF2N2O3S/c1-23(20,21)14-6-18-13-5-12(9(15)7-19(13)14)22-11-3-2-8(16)4-10(11)17/h2-7H,1H3. The summed E-state index contributed by atoms with van der Waals surface area (Å²) in [6.07, 6.45) is 3.75. The Bertz CT molecular complexity index is 1020. The molecule has 5 nitrogen and oxygen atoms in total. The fourth-order valence-electron chi connectivity index (χ4n) is 1.99. The summed E-state index contributed by atoms with van der Waals surface area (Å²) in [6, 6.07) is 4.39. The number of ether oxygens (including phenoxy) is 1. The number of benzene rings is 1. The molecule has 23 heavy (non-hydrogen) atoms. The summed E-state index contributed by atoms with van der Waals surface area (Å²) in [5, 5.41) is 0.0210. The van der Waals surface area contributed by atoms with E-state index in [1.54, 1.807) is 0 Å². The van der Waals surface area contributed by atoms with E-state index in [-0.39, 0.29) is 16.5 Å². The minimum absolute atomic E-state index is 0.0210. The Kier molecular flexibility index (Phi) is 3.85. The van der Waals surface area contributed by atoms with Crippen molar-refractivity contribution in [2.75, 3.05) is 6.26 Å². The van der Waals surface area contributed by atoms with Crippen molar-refractivity contribution in [3.05, 3.63) is 52.8 Å². The zero-order valence-electron chi connectivity index (χ0n) is 11.6. The van der Waals surface area contributed by atoms with Gasteiger partial charge in [0.25, 0.3) is 0 Å². The average molecular weight is 403 g/mol. The number of hydrogen-bond acceptors (Lipinski definition) is 4. The van der Waals surface area contributed by atoms with Crippen LogP contribution >= 0.6 is 15.9 Å². The van der Waals surface area contributed by atoms with Crippen LogP contribution < -0.4 is 4.74 Å². The molecular formula is C14H9BrF2N2O3S. The predicted octanol–water partition coefficient (Wildman–Crippen LogP) is 3.57. The van der Waals surface area contributed by atoms with Gasteiger partial charge in [-0.05, 0) is 28.1 Å². The Morgan fingerprint density at radius 3 is 2.61 bits per heavy atom. The summed E-state index contributed by atoms with van der Waals surface area (Å²) in [5.41, 5.74) is 0.311.